The van der Waals surface area contributed by atoms with Crippen LogP contribution >= 0.6 is 0 Å². The summed E-state index contributed by atoms with van der Waals surface area (Å²) in [6.07, 6.45) is 0.751. The summed E-state index contributed by atoms with van der Waals surface area (Å²) < 4.78 is 17.7. The fourth-order valence-electron chi connectivity index (χ4n) is 2.81. The molecule has 0 aromatic heterocycles. The largest absolute Gasteiger partial charge is 0.493 e. The van der Waals surface area contributed by atoms with Gasteiger partial charge in [0, 0.05) is 16.7 Å². The minimum absolute atomic E-state index is 0.00229. The van der Waals surface area contributed by atoms with Crippen molar-refractivity contribution in [2.24, 2.45) is 0 Å². The number of rotatable bonds is 4. The Bertz CT molecular complexity index is 494. The van der Waals surface area contributed by atoms with Crippen LogP contribution in [0.1, 0.15) is 77.9 Å². The molecule has 2 rings (SSSR count). The molecule has 0 amide bonds. The van der Waals surface area contributed by atoms with E-state index in [1.54, 1.807) is 0 Å². The van der Waals surface area contributed by atoms with E-state index >= 15 is 0 Å². The number of benzene rings is 1. The molecule has 0 unspecified atom stereocenters. The zero-order valence-corrected chi connectivity index (χ0v) is 15.8. The molecule has 1 fully saturated rings. The zero-order chi connectivity index (χ0) is 17.3. The Morgan fingerprint density at radius 3 is 1.83 bits per heavy atom. The summed E-state index contributed by atoms with van der Waals surface area (Å²) in [7, 11) is 0. The quantitative estimate of drug-likeness (QED) is 0.771. The maximum absolute atomic E-state index is 6.21. The van der Waals surface area contributed by atoms with E-state index in [0.29, 0.717) is 13.2 Å². The van der Waals surface area contributed by atoms with E-state index in [-0.39, 0.29) is 17.1 Å². The average molecular weight is 320 g/mol. The van der Waals surface area contributed by atoms with Crippen molar-refractivity contribution >= 4 is 0 Å². The van der Waals surface area contributed by atoms with Crippen LogP contribution in [0.3, 0.4) is 0 Å². The monoisotopic (exact) mass is 320 g/mol. The van der Waals surface area contributed by atoms with E-state index in [2.05, 4.69) is 60.6 Å². The lowest BCUT2D eigenvalue weighted by Crippen LogP contribution is -2.21. The smallest absolute Gasteiger partial charge is 0.184 e. The second-order valence-electron chi connectivity index (χ2n) is 8.37. The molecule has 130 valence electrons. The highest BCUT2D eigenvalue weighted by molar-refractivity contribution is 5.51. The van der Waals surface area contributed by atoms with Crippen LogP contribution in [-0.4, -0.2) is 19.8 Å². The van der Waals surface area contributed by atoms with Gasteiger partial charge in [0.05, 0.1) is 19.8 Å². The molecule has 0 atom stereocenters. The maximum Gasteiger partial charge on any atom is 0.184 e. The third-order valence-electron chi connectivity index (χ3n) is 4.07. The van der Waals surface area contributed by atoms with E-state index < -0.39 is 0 Å². The Balaban J connectivity index is 2.61. The lowest BCUT2D eigenvalue weighted by molar-refractivity contribution is -0.0443. The molecule has 3 heteroatoms. The fourth-order valence-corrected chi connectivity index (χ4v) is 2.81. The van der Waals surface area contributed by atoms with E-state index in [9.17, 15) is 0 Å². The van der Waals surface area contributed by atoms with Crippen LogP contribution in [0.15, 0.2) is 12.1 Å². The Labute approximate surface area is 141 Å². The minimum Gasteiger partial charge on any atom is -0.493 e. The topological polar surface area (TPSA) is 27.7 Å². The molecule has 0 saturated carbocycles. The molecular weight excluding hydrogens is 288 g/mol. The highest BCUT2D eigenvalue weighted by atomic mass is 16.7. The zero-order valence-electron chi connectivity index (χ0n) is 15.8. The first-order valence-corrected chi connectivity index (χ1v) is 8.69. The Morgan fingerprint density at radius 1 is 0.957 bits per heavy atom. The van der Waals surface area contributed by atoms with Crippen molar-refractivity contribution in [3.05, 3.63) is 28.8 Å². The average Bonchev–Trinajstić information content (AvgIpc) is 2.96. The molecule has 0 bridgehead atoms. The van der Waals surface area contributed by atoms with Gasteiger partial charge in [0.15, 0.2) is 6.29 Å². The number of ether oxygens (including phenoxy) is 3. The Hall–Kier alpha value is -1.06. The summed E-state index contributed by atoms with van der Waals surface area (Å²) in [5.74, 6) is 1.04. The predicted molar refractivity (Wildman–Crippen MR) is 94.3 cm³/mol. The molecule has 0 N–H and O–H groups in total. The lowest BCUT2D eigenvalue weighted by Gasteiger charge is -2.31. The first-order valence-electron chi connectivity index (χ1n) is 8.69. The highest BCUT2D eigenvalue weighted by Gasteiger charge is 2.30. The van der Waals surface area contributed by atoms with Crippen molar-refractivity contribution < 1.29 is 14.2 Å². The molecule has 0 aliphatic carbocycles. The second-order valence-corrected chi connectivity index (χ2v) is 8.37. The number of hydrogen-bond acceptors (Lipinski definition) is 3. The van der Waals surface area contributed by atoms with Gasteiger partial charge in [-0.05, 0) is 29.4 Å². The molecule has 3 nitrogen and oxygen atoms in total. The third kappa shape index (κ3) is 4.27. The molecule has 1 saturated heterocycles. The van der Waals surface area contributed by atoms with Gasteiger partial charge < -0.3 is 14.2 Å². The fraction of sp³-hybridized carbons (Fsp3) is 0.700. The molecule has 0 spiro atoms. The van der Waals surface area contributed by atoms with Gasteiger partial charge in [-0.25, -0.2) is 0 Å². The van der Waals surface area contributed by atoms with Crippen LogP contribution in [0, 0.1) is 0 Å². The van der Waals surface area contributed by atoms with Crippen molar-refractivity contribution in [3.63, 3.8) is 0 Å². The standard InChI is InChI=1S/C20H32O3/c1-8-9-21-17-15(19(2,3)4)12-14(18-22-10-11-23-18)13-16(17)20(5,6)7/h12-13,18H,8-11H2,1-7H3. The van der Waals surface area contributed by atoms with Gasteiger partial charge in [-0.1, -0.05) is 48.5 Å². The summed E-state index contributed by atoms with van der Waals surface area (Å²) in [5.41, 5.74) is 3.55. The van der Waals surface area contributed by atoms with Crippen molar-refractivity contribution in [1.82, 2.24) is 0 Å². The molecular formula is C20H32O3. The summed E-state index contributed by atoms with van der Waals surface area (Å²) in [4.78, 5) is 0. The van der Waals surface area contributed by atoms with Crippen molar-refractivity contribution in [1.29, 1.82) is 0 Å². The molecule has 0 radical (unpaired) electrons. The van der Waals surface area contributed by atoms with Crippen LogP contribution in [0.25, 0.3) is 0 Å². The van der Waals surface area contributed by atoms with Gasteiger partial charge in [0.1, 0.15) is 5.75 Å². The molecule has 23 heavy (non-hydrogen) atoms. The van der Waals surface area contributed by atoms with E-state index in [4.69, 9.17) is 14.2 Å². The van der Waals surface area contributed by atoms with E-state index in [0.717, 1.165) is 24.3 Å². The molecule has 1 aromatic rings. The van der Waals surface area contributed by atoms with Crippen LogP contribution in [0.5, 0.6) is 5.75 Å². The van der Waals surface area contributed by atoms with Crippen molar-refractivity contribution in [3.8, 4) is 5.75 Å². The molecule has 1 aliphatic rings. The van der Waals surface area contributed by atoms with Crippen LogP contribution in [0.4, 0.5) is 0 Å². The van der Waals surface area contributed by atoms with Gasteiger partial charge in [0.2, 0.25) is 0 Å². The number of hydrogen-bond donors (Lipinski definition) is 0. The van der Waals surface area contributed by atoms with E-state index in [1.165, 1.54) is 11.1 Å². The summed E-state index contributed by atoms with van der Waals surface area (Å²) in [6.45, 7) is 17.6. The summed E-state index contributed by atoms with van der Waals surface area (Å²) >= 11 is 0. The van der Waals surface area contributed by atoms with Gasteiger partial charge in [-0.2, -0.15) is 0 Å². The molecule has 1 heterocycles. The molecule has 1 aliphatic heterocycles. The van der Waals surface area contributed by atoms with Crippen molar-refractivity contribution in [2.75, 3.05) is 19.8 Å². The van der Waals surface area contributed by atoms with Gasteiger partial charge in [0.25, 0.3) is 0 Å². The summed E-state index contributed by atoms with van der Waals surface area (Å²) in [6, 6.07) is 4.41. The first kappa shape index (κ1) is 18.3. The normalized spacial score (nSPS) is 16.8. The predicted octanol–water partition coefficient (Wildman–Crippen LogP) is 5.12. The highest BCUT2D eigenvalue weighted by Crippen LogP contribution is 2.42. The second kappa shape index (κ2) is 6.82. The third-order valence-corrected chi connectivity index (χ3v) is 4.07. The van der Waals surface area contributed by atoms with E-state index in [1.807, 2.05) is 0 Å². The SMILES string of the molecule is CCCOc1c(C(C)(C)C)cc(C2OCCO2)cc1C(C)(C)C. The lowest BCUT2D eigenvalue weighted by atomic mass is 9.78. The molecule has 1 aromatic carbocycles. The van der Waals surface area contributed by atoms with Gasteiger partial charge in [-0.15, -0.1) is 0 Å². The van der Waals surface area contributed by atoms with Crippen LogP contribution in [0.2, 0.25) is 0 Å². The Kier molecular flexibility index (Phi) is 5.42. The maximum atomic E-state index is 6.21. The first-order chi connectivity index (χ1) is 10.6. The van der Waals surface area contributed by atoms with Gasteiger partial charge >= 0.3 is 0 Å². The van der Waals surface area contributed by atoms with Crippen LogP contribution < -0.4 is 4.74 Å². The van der Waals surface area contributed by atoms with Crippen molar-refractivity contribution in [2.45, 2.75) is 72.0 Å². The minimum atomic E-state index is -0.252. The van der Waals surface area contributed by atoms with Crippen LogP contribution in [-0.2, 0) is 20.3 Å². The Morgan fingerprint density at radius 2 is 1.43 bits per heavy atom. The summed E-state index contributed by atoms with van der Waals surface area (Å²) in [5, 5.41) is 0. The van der Waals surface area contributed by atoms with Gasteiger partial charge in [-0.3, -0.25) is 0 Å².